The first-order valence-electron chi connectivity index (χ1n) is 7.21. The van der Waals surface area contributed by atoms with Crippen molar-refractivity contribution in [3.63, 3.8) is 0 Å². The highest BCUT2D eigenvalue weighted by molar-refractivity contribution is 7.07. The van der Waals surface area contributed by atoms with Crippen LogP contribution in [0.15, 0.2) is 35.2 Å². The lowest BCUT2D eigenvalue weighted by Crippen LogP contribution is -2.25. The molecule has 1 saturated heterocycles. The van der Waals surface area contributed by atoms with Crippen molar-refractivity contribution >= 4 is 11.3 Å². The molecule has 0 atom stereocenters. The first kappa shape index (κ1) is 13.6. The fraction of sp³-hybridized carbons (Fsp3) is 0.438. The van der Waals surface area contributed by atoms with Gasteiger partial charge in [0.05, 0.1) is 11.2 Å². The van der Waals surface area contributed by atoms with E-state index in [9.17, 15) is 0 Å². The number of benzene rings is 1. The summed E-state index contributed by atoms with van der Waals surface area (Å²) in [6.45, 7) is 4.29. The number of nitrogens with zero attached hydrogens (tertiary/aromatic N) is 2. The fourth-order valence-electron chi connectivity index (χ4n) is 2.54. The molecular formula is C16H20N2OS. The quantitative estimate of drug-likeness (QED) is 0.816. The third-order valence-corrected chi connectivity index (χ3v) is 4.30. The average Bonchev–Trinajstić information content (AvgIpc) is 3.14. The van der Waals surface area contributed by atoms with Crippen LogP contribution in [0.3, 0.4) is 0 Å². The second-order valence-electron chi connectivity index (χ2n) is 5.20. The molecule has 106 valence electrons. The van der Waals surface area contributed by atoms with Crippen molar-refractivity contribution in [3.8, 4) is 5.75 Å². The third-order valence-electron chi connectivity index (χ3n) is 3.67. The molecule has 20 heavy (non-hydrogen) atoms. The number of likely N-dealkylation sites (tertiary alicyclic amines) is 1. The molecule has 0 aliphatic carbocycles. The molecule has 0 N–H and O–H groups in total. The Hall–Kier alpha value is -1.39. The molecular weight excluding hydrogens is 268 g/mol. The summed E-state index contributed by atoms with van der Waals surface area (Å²) >= 11 is 1.64. The van der Waals surface area contributed by atoms with Gasteiger partial charge in [0.2, 0.25) is 0 Å². The predicted molar refractivity (Wildman–Crippen MR) is 82.5 cm³/mol. The molecule has 1 aliphatic heterocycles. The minimum absolute atomic E-state index is 0.783. The minimum atomic E-state index is 0.783. The van der Waals surface area contributed by atoms with Crippen LogP contribution in [0.25, 0.3) is 0 Å². The average molecular weight is 288 g/mol. The lowest BCUT2D eigenvalue weighted by molar-refractivity contribution is 0.238. The maximum Gasteiger partial charge on any atom is 0.119 e. The minimum Gasteiger partial charge on any atom is -0.492 e. The van der Waals surface area contributed by atoms with E-state index < -0.39 is 0 Å². The van der Waals surface area contributed by atoms with Gasteiger partial charge in [0, 0.05) is 18.3 Å². The SMILES string of the molecule is c1nc(Cc2ccc(OCCN3CCCC3)cc2)cs1. The van der Waals surface area contributed by atoms with Crippen LogP contribution in [0.4, 0.5) is 0 Å². The summed E-state index contributed by atoms with van der Waals surface area (Å²) in [6.07, 6.45) is 3.58. The van der Waals surface area contributed by atoms with Crippen LogP contribution in [0, 0.1) is 0 Å². The van der Waals surface area contributed by atoms with Crippen LogP contribution in [-0.2, 0) is 6.42 Å². The zero-order chi connectivity index (χ0) is 13.6. The Morgan fingerprint density at radius 1 is 1.15 bits per heavy atom. The number of rotatable bonds is 6. The Bertz CT molecular complexity index is 504. The van der Waals surface area contributed by atoms with E-state index in [-0.39, 0.29) is 0 Å². The van der Waals surface area contributed by atoms with E-state index in [1.165, 1.54) is 31.5 Å². The van der Waals surface area contributed by atoms with Gasteiger partial charge in [0.25, 0.3) is 0 Å². The molecule has 0 bridgehead atoms. The van der Waals surface area contributed by atoms with Crippen LogP contribution in [0.1, 0.15) is 24.1 Å². The molecule has 4 heteroatoms. The van der Waals surface area contributed by atoms with Crippen molar-refractivity contribution in [2.24, 2.45) is 0 Å². The van der Waals surface area contributed by atoms with Gasteiger partial charge in [-0.2, -0.15) is 0 Å². The molecule has 1 aliphatic rings. The van der Waals surface area contributed by atoms with Gasteiger partial charge in [0.1, 0.15) is 12.4 Å². The number of aromatic nitrogens is 1. The van der Waals surface area contributed by atoms with Gasteiger partial charge in [-0.15, -0.1) is 11.3 Å². The molecule has 0 unspecified atom stereocenters. The van der Waals surface area contributed by atoms with Crippen LogP contribution < -0.4 is 4.74 Å². The van der Waals surface area contributed by atoms with Gasteiger partial charge >= 0.3 is 0 Å². The van der Waals surface area contributed by atoms with E-state index in [0.717, 1.165) is 31.0 Å². The highest BCUT2D eigenvalue weighted by Gasteiger charge is 2.10. The number of thiazole rings is 1. The Labute approximate surface area is 124 Å². The molecule has 2 aromatic rings. The highest BCUT2D eigenvalue weighted by atomic mass is 32.1. The normalized spacial score (nSPS) is 15.6. The van der Waals surface area contributed by atoms with Gasteiger partial charge < -0.3 is 4.74 Å². The molecule has 3 rings (SSSR count). The van der Waals surface area contributed by atoms with Crippen molar-refractivity contribution in [1.82, 2.24) is 9.88 Å². The summed E-state index contributed by atoms with van der Waals surface area (Å²) in [5, 5.41) is 2.10. The van der Waals surface area contributed by atoms with Crippen molar-refractivity contribution in [3.05, 3.63) is 46.4 Å². The van der Waals surface area contributed by atoms with Crippen molar-refractivity contribution in [1.29, 1.82) is 0 Å². The summed E-state index contributed by atoms with van der Waals surface area (Å²) in [6, 6.07) is 8.38. The molecule has 2 heterocycles. The van der Waals surface area contributed by atoms with E-state index in [1.807, 2.05) is 5.51 Å². The van der Waals surface area contributed by atoms with E-state index in [2.05, 4.69) is 39.5 Å². The predicted octanol–water partition coefficient (Wildman–Crippen LogP) is 3.21. The van der Waals surface area contributed by atoms with Crippen molar-refractivity contribution in [2.45, 2.75) is 19.3 Å². The first-order valence-corrected chi connectivity index (χ1v) is 8.15. The Morgan fingerprint density at radius 3 is 2.65 bits per heavy atom. The molecule has 0 radical (unpaired) electrons. The highest BCUT2D eigenvalue weighted by Crippen LogP contribution is 2.15. The van der Waals surface area contributed by atoms with Gasteiger partial charge in [-0.05, 0) is 43.6 Å². The summed E-state index contributed by atoms with van der Waals surface area (Å²) < 4.78 is 5.80. The molecule has 0 spiro atoms. The lowest BCUT2D eigenvalue weighted by atomic mass is 10.1. The largest absolute Gasteiger partial charge is 0.492 e. The number of hydrogen-bond acceptors (Lipinski definition) is 4. The maximum atomic E-state index is 5.80. The molecule has 0 amide bonds. The summed E-state index contributed by atoms with van der Waals surface area (Å²) in [5.74, 6) is 0.964. The van der Waals surface area contributed by atoms with E-state index in [4.69, 9.17) is 4.74 Å². The topological polar surface area (TPSA) is 25.4 Å². The molecule has 3 nitrogen and oxygen atoms in total. The van der Waals surface area contributed by atoms with E-state index in [1.54, 1.807) is 11.3 Å². The molecule has 0 saturated carbocycles. The van der Waals surface area contributed by atoms with Gasteiger partial charge in [-0.25, -0.2) is 4.98 Å². The Morgan fingerprint density at radius 2 is 1.95 bits per heavy atom. The summed E-state index contributed by atoms with van der Waals surface area (Å²) in [5.41, 5.74) is 4.30. The smallest absolute Gasteiger partial charge is 0.119 e. The Balaban J connectivity index is 1.46. The second kappa shape index (κ2) is 6.86. The number of ether oxygens (including phenoxy) is 1. The maximum absolute atomic E-state index is 5.80. The van der Waals surface area contributed by atoms with Gasteiger partial charge in [-0.3, -0.25) is 4.90 Å². The monoisotopic (exact) mass is 288 g/mol. The van der Waals surface area contributed by atoms with Crippen LogP contribution in [0.5, 0.6) is 5.75 Å². The first-order chi connectivity index (χ1) is 9.90. The zero-order valence-corrected chi connectivity index (χ0v) is 12.4. The molecule has 1 fully saturated rings. The number of hydrogen-bond donors (Lipinski definition) is 0. The van der Waals surface area contributed by atoms with Crippen LogP contribution in [0.2, 0.25) is 0 Å². The molecule has 1 aromatic carbocycles. The van der Waals surface area contributed by atoms with Gasteiger partial charge in [-0.1, -0.05) is 12.1 Å². The fourth-order valence-corrected chi connectivity index (χ4v) is 3.09. The van der Waals surface area contributed by atoms with Crippen molar-refractivity contribution < 1.29 is 4.74 Å². The van der Waals surface area contributed by atoms with Crippen molar-refractivity contribution in [2.75, 3.05) is 26.2 Å². The van der Waals surface area contributed by atoms with E-state index in [0.29, 0.717) is 0 Å². The van der Waals surface area contributed by atoms with E-state index >= 15 is 0 Å². The third kappa shape index (κ3) is 3.81. The lowest BCUT2D eigenvalue weighted by Gasteiger charge is -2.15. The standard InChI is InChI=1S/C16H20N2OS/c1-2-8-18(7-1)9-10-19-16-5-3-14(4-6-16)11-15-12-20-13-17-15/h3-6,12-13H,1-2,7-11H2. The van der Waals surface area contributed by atoms with Crippen LogP contribution >= 0.6 is 11.3 Å². The van der Waals surface area contributed by atoms with Gasteiger partial charge in [0.15, 0.2) is 0 Å². The molecule has 1 aromatic heterocycles. The Kier molecular flexibility index (Phi) is 4.66. The summed E-state index contributed by atoms with van der Waals surface area (Å²) in [7, 11) is 0. The summed E-state index contributed by atoms with van der Waals surface area (Å²) in [4.78, 5) is 6.78. The second-order valence-corrected chi connectivity index (χ2v) is 5.92. The van der Waals surface area contributed by atoms with Crippen LogP contribution in [-0.4, -0.2) is 36.1 Å². The zero-order valence-electron chi connectivity index (χ0n) is 11.6.